The molecule has 1 aromatic rings. The number of hydrogen-bond donors (Lipinski definition) is 1. The highest BCUT2D eigenvalue weighted by Crippen LogP contribution is 2.22. The average molecular weight is 321 g/mol. The van der Waals surface area contributed by atoms with Crippen molar-refractivity contribution in [1.29, 1.82) is 0 Å². The van der Waals surface area contributed by atoms with Crippen molar-refractivity contribution in [2.75, 3.05) is 7.11 Å². The number of halogens is 2. The molecule has 0 aromatic heterocycles. The van der Waals surface area contributed by atoms with Gasteiger partial charge in [0.15, 0.2) is 0 Å². The van der Waals surface area contributed by atoms with Crippen molar-refractivity contribution in [3.05, 3.63) is 39.0 Å². The zero-order chi connectivity index (χ0) is 13.4. The molecule has 0 spiro atoms. The summed E-state index contributed by atoms with van der Waals surface area (Å²) in [5, 5.41) is 0.510. The number of nitrogens with two attached hydrogens (primary N) is 1. The Labute approximate surface area is 115 Å². The topological polar surface area (TPSA) is 52.3 Å². The van der Waals surface area contributed by atoms with Gasteiger partial charge in [0.05, 0.1) is 7.11 Å². The molecule has 3 nitrogen and oxygen atoms in total. The predicted molar refractivity (Wildman–Crippen MR) is 74.7 cm³/mol. The number of carbonyl (C=O) groups is 1. The van der Waals surface area contributed by atoms with Crippen LogP contribution in [-0.4, -0.2) is 13.1 Å². The molecular formula is C12H15BrClNO2. The summed E-state index contributed by atoms with van der Waals surface area (Å²) in [6.07, 6.45) is 1.47. The van der Waals surface area contributed by atoms with Gasteiger partial charge in [-0.05, 0) is 23.8 Å². The molecule has 0 aliphatic carbocycles. The zero-order valence-electron chi connectivity index (χ0n) is 9.96. The first kappa shape index (κ1) is 16.0. The molecule has 0 heterocycles. The second kappa shape index (κ2) is 8.14. The lowest BCUT2D eigenvalue weighted by Crippen LogP contribution is -2.12. The molecule has 0 radical (unpaired) electrons. The quantitative estimate of drug-likeness (QED) is 0.669. The van der Waals surface area contributed by atoms with Crippen molar-refractivity contribution in [2.24, 2.45) is 5.73 Å². The smallest absolute Gasteiger partial charge is 0.353 e. The molecule has 2 N–H and O–H groups in total. The maximum absolute atomic E-state index is 11.0. The lowest BCUT2D eigenvalue weighted by atomic mass is 10.2. The minimum absolute atomic E-state index is 0.0155. The number of methoxy groups -OCH3 is 1. The molecule has 0 saturated heterocycles. The third-order valence-electron chi connectivity index (χ3n) is 1.69. The Bertz CT molecular complexity index is 419. The first-order valence-electron chi connectivity index (χ1n) is 5.05. The largest absolute Gasteiger partial charge is 0.464 e. The molecule has 5 heteroatoms. The highest BCUT2D eigenvalue weighted by Gasteiger charge is 2.05. The van der Waals surface area contributed by atoms with Crippen LogP contribution in [0.5, 0.6) is 0 Å². The van der Waals surface area contributed by atoms with E-state index in [9.17, 15) is 4.79 Å². The van der Waals surface area contributed by atoms with Gasteiger partial charge in [-0.3, -0.25) is 0 Å². The fourth-order valence-corrected chi connectivity index (χ4v) is 1.69. The van der Waals surface area contributed by atoms with Gasteiger partial charge in [0, 0.05) is 9.50 Å². The first-order chi connectivity index (χ1) is 8.04. The van der Waals surface area contributed by atoms with Crippen molar-refractivity contribution < 1.29 is 9.53 Å². The molecule has 0 saturated carbocycles. The Hall–Kier alpha value is -1.000. The van der Waals surface area contributed by atoms with E-state index >= 15 is 0 Å². The van der Waals surface area contributed by atoms with Gasteiger partial charge in [0.1, 0.15) is 5.70 Å². The number of carbonyl (C=O) groups excluding carboxylic acids is 1. The predicted octanol–water partition coefficient (Wildman–Crippen LogP) is 3.60. The van der Waals surface area contributed by atoms with Crippen LogP contribution >= 0.6 is 27.5 Å². The molecule has 0 amide bonds. The molecule has 1 rings (SSSR count). The van der Waals surface area contributed by atoms with Crippen molar-refractivity contribution in [2.45, 2.75) is 13.8 Å². The summed E-state index contributed by atoms with van der Waals surface area (Å²) in [5.74, 6) is -0.575. The third-order valence-corrected chi connectivity index (χ3v) is 2.52. The summed E-state index contributed by atoms with van der Waals surface area (Å²) in [7, 11) is 1.27. The number of benzene rings is 1. The molecule has 94 valence electrons. The molecule has 0 unspecified atom stereocenters. The van der Waals surface area contributed by atoms with E-state index in [2.05, 4.69) is 20.7 Å². The molecule has 0 aliphatic heterocycles. The summed E-state index contributed by atoms with van der Waals surface area (Å²) in [6.45, 7) is 4.00. The maximum atomic E-state index is 11.0. The van der Waals surface area contributed by atoms with Crippen LogP contribution in [-0.2, 0) is 9.53 Å². The zero-order valence-corrected chi connectivity index (χ0v) is 12.3. The van der Waals surface area contributed by atoms with E-state index in [1.807, 2.05) is 19.9 Å². The summed E-state index contributed by atoms with van der Waals surface area (Å²) in [6, 6.07) is 5.28. The van der Waals surface area contributed by atoms with Crippen LogP contribution in [0.1, 0.15) is 19.4 Å². The van der Waals surface area contributed by atoms with E-state index in [-0.39, 0.29) is 5.70 Å². The Kier molecular flexibility index (Phi) is 7.66. The maximum Gasteiger partial charge on any atom is 0.353 e. The normalized spacial score (nSPS) is 10.3. The van der Waals surface area contributed by atoms with Gasteiger partial charge in [0.2, 0.25) is 0 Å². The van der Waals surface area contributed by atoms with Crippen LogP contribution in [0.2, 0.25) is 5.02 Å². The van der Waals surface area contributed by atoms with E-state index < -0.39 is 5.97 Å². The average Bonchev–Trinajstić information content (AvgIpc) is 2.34. The van der Waals surface area contributed by atoms with Gasteiger partial charge in [-0.1, -0.05) is 47.4 Å². The monoisotopic (exact) mass is 319 g/mol. The summed E-state index contributed by atoms with van der Waals surface area (Å²) >= 11 is 9.22. The first-order valence-corrected chi connectivity index (χ1v) is 6.22. The van der Waals surface area contributed by atoms with Gasteiger partial charge in [-0.15, -0.1) is 0 Å². The van der Waals surface area contributed by atoms with Crippen LogP contribution < -0.4 is 5.73 Å². The molecule has 17 heavy (non-hydrogen) atoms. The summed E-state index contributed by atoms with van der Waals surface area (Å²) < 4.78 is 5.33. The molecule has 0 atom stereocenters. The fourth-order valence-electron chi connectivity index (χ4n) is 0.963. The van der Waals surface area contributed by atoms with Crippen molar-refractivity contribution in [3.8, 4) is 0 Å². The van der Waals surface area contributed by atoms with Crippen LogP contribution in [0.25, 0.3) is 6.08 Å². The Morgan fingerprint density at radius 1 is 1.47 bits per heavy atom. The Morgan fingerprint density at radius 3 is 2.53 bits per heavy atom. The minimum Gasteiger partial charge on any atom is -0.464 e. The molecule has 0 bridgehead atoms. The summed E-state index contributed by atoms with van der Waals surface area (Å²) in [4.78, 5) is 11.0. The van der Waals surface area contributed by atoms with Crippen molar-refractivity contribution in [1.82, 2.24) is 0 Å². The lowest BCUT2D eigenvalue weighted by molar-refractivity contribution is -0.136. The Balaban J connectivity index is 0.00000121. The van der Waals surface area contributed by atoms with E-state index in [1.54, 1.807) is 12.1 Å². The van der Waals surface area contributed by atoms with E-state index in [1.165, 1.54) is 13.2 Å². The van der Waals surface area contributed by atoms with Crippen LogP contribution in [0, 0.1) is 0 Å². The van der Waals surface area contributed by atoms with Crippen molar-refractivity contribution in [3.63, 3.8) is 0 Å². The number of rotatable bonds is 2. The van der Waals surface area contributed by atoms with E-state index in [0.29, 0.717) is 10.6 Å². The molecule has 0 fully saturated rings. The van der Waals surface area contributed by atoms with Gasteiger partial charge in [-0.25, -0.2) is 4.79 Å². The molecular weight excluding hydrogens is 305 g/mol. The number of hydrogen-bond acceptors (Lipinski definition) is 3. The number of ether oxygens (including phenoxy) is 1. The van der Waals surface area contributed by atoms with Gasteiger partial charge < -0.3 is 10.5 Å². The molecule has 1 aromatic carbocycles. The minimum atomic E-state index is -0.575. The van der Waals surface area contributed by atoms with Crippen LogP contribution in [0.4, 0.5) is 0 Å². The van der Waals surface area contributed by atoms with Crippen molar-refractivity contribution >= 4 is 39.6 Å². The highest BCUT2D eigenvalue weighted by molar-refractivity contribution is 9.10. The summed E-state index contributed by atoms with van der Waals surface area (Å²) in [5.41, 5.74) is 6.17. The Morgan fingerprint density at radius 2 is 2.06 bits per heavy atom. The lowest BCUT2D eigenvalue weighted by Gasteiger charge is -2.01. The standard InChI is InChI=1S/C10H9BrClNO2.C2H6/c1-15-10(14)9(13)4-6-2-3-7(11)5-8(6)12;1-2/h2-5H,13H2,1H3;1-2H3/b9-4-;. The SMILES string of the molecule is CC.COC(=O)/C(N)=C/c1ccc(Br)cc1Cl. The highest BCUT2D eigenvalue weighted by atomic mass is 79.9. The van der Waals surface area contributed by atoms with E-state index in [0.717, 1.165) is 4.47 Å². The van der Waals surface area contributed by atoms with Gasteiger partial charge >= 0.3 is 5.97 Å². The van der Waals surface area contributed by atoms with Crippen LogP contribution in [0.3, 0.4) is 0 Å². The van der Waals surface area contributed by atoms with E-state index in [4.69, 9.17) is 17.3 Å². The second-order valence-electron chi connectivity index (χ2n) is 2.76. The number of esters is 1. The second-order valence-corrected chi connectivity index (χ2v) is 4.08. The van der Waals surface area contributed by atoms with Crippen LogP contribution in [0.15, 0.2) is 28.4 Å². The van der Waals surface area contributed by atoms with Gasteiger partial charge in [0.25, 0.3) is 0 Å². The third kappa shape index (κ3) is 5.24. The molecule has 0 aliphatic rings. The fraction of sp³-hybridized carbons (Fsp3) is 0.250. The van der Waals surface area contributed by atoms with Gasteiger partial charge in [-0.2, -0.15) is 0 Å².